The number of fused-ring (bicyclic) bond motifs is 1. The van der Waals surface area contributed by atoms with E-state index in [4.69, 9.17) is 14.2 Å². The lowest BCUT2D eigenvalue weighted by Gasteiger charge is -2.44. The van der Waals surface area contributed by atoms with Gasteiger partial charge < -0.3 is 29.3 Å². The van der Waals surface area contributed by atoms with Gasteiger partial charge in [-0.25, -0.2) is 0 Å². The Bertz CT molecular complexity index is 884. The van der Waals surface area contributed by atoms with Gasteiger partial charge in [-0.05, 0) is 63.8 Å². The van der Waals surface area contributed by atoms with E-state index in [-0.39, 0.29) is 36.3 Å². The summed E-state index contributed by atoms with van der Waals surface area (Å²) in [5.41, 5.74) is 0.821. The molecule has 1 aromatic rings. The fourth-order valence-corrected chi connectivity index (χ4v) is 5.59. The van der Waals surface area contributed by atoms with Crippen LogP contribution in [-0.2, 0) is 25.5 Å². The molecule has 0 aliphatic carbocycles. The second-order valence-electron chi connectivity index (χ2n) is 10.2. The van der Waals surface area contributed by atoms with E-state index < -0.39 is 5.60 Å². The number of anilines is 1. The predicted octanol–water partition coefficient (Wildman–Crippen LogP) is 3.34. The van der Waals surface area contributed by atoms with E-state index in [0.717, 1.165) is 50.0 Å². The van der Waals surface area contributed by atoms with Crippen LogP contribution in [0.15, 0.2) is 18.2 Å². The Balaban J connectivity index is 0.00000361. The Morgan fingerprint density at radius 1 is 1.28 bits per heavy atom. The van der Waals surface area contributed by atoms with E-state index >= 15 is 0 Å². The van der Waals surface area contributed by atoms with Gasteiger partial charge in [-0.15, -0.1) is 12.4 Å². The van der Waals surface area contributed by atoms with E-state index in [0.29, 0.717) is 51.4 Å². The fourth-order valence-electron chi connectivity index (χ4n) is 5.59. The normalized spacial score (nSPS) is 21.1. The van der Waals surface area contributed by atoms with Crippen molar-refractivity contribution in [2.75, 3.05) is 51.5 Å². The summed E-state index contributed by atoms with van der Waals surface area (Å²) in [5.74, 6) is 0.849. The third-order valence-corrected chi connectivity index (χ3v) is 7.40. The number of carbonyl (C=O) groups excluding carboxylic acids is 2. The SMILES string of the molecule is COCCCCN1C(=O)C2(CCOCC2)Oc2ccc(CC(=O)N(C(C)C)[C@@H]3CCCNC3)cc21.Cl. The van der Waals surface area contributed by atoms with Crippen LogP contribution in [0.2, 0.25) is 0 Å². The van der Waals surface area contributed by atoms with Crippen LogP contribution in [0, 0.1) is 0 Å². The Hall–Kier alpha value is -1.87. The van der Waals surface area contributed by atoms with Gasteiger partial charge in [0.2, 0.25) is 5.91 Å². The molecule has 3 aliphatic rings. The summed E-state index contributed by atoms with van der Waals surface area (Å²) in [6.07, 6.45) is 5.26. The third kappa shape index (κ3) is 6.33. The molecule has 0 saturated carbocycles. The highest BCUT2D eigenvalue weighted by Crippen LogP contribution is 2.42. The Kier molecular flexibility index (Phi) is 10.4. The van der Waals surface area contributed by atoms with Gasteiger partial charge in [0.1, 0.15) is 5.75 Å². The lowest BCUT2D eigenvalue weighted by molar-refractivity contribution is -0.144. The summed E-state index contributed by atoms with van der Waals surface area (Å²) in [7, 11) is 1.69. The second kappa shape index (κ2) is 13.1. The maximum atomic E-state index is 13.7. The average Bonchev–Trinajstić information content (AvgIpc) is 2.85. The van der Waals surface area contributed by atoms with Crippen LogP contribution in [-0.4, -0.2) is 81.0 Å². The number of methoxy groups -OCH3 is 1. The van der Waals surface area contributed by atoms with Gasteiger partial charge in [0, 0.05) is 51.7 Å². The molecule has 0 aromatic heterocycles. The quantitative estimate of drug-likeness (QED) is 0.500. The zero-order valence-electron chi connectivity index (χ0n) is 21.9. The van der Waals surface area contributed by atoms with Gasteiger partial charge in [-0.2, -0.15) is 0 Å². The molecule has 1 aromatic carbocycles. The molecule has 0 unspecified atom stereocenters. The molecule has 1 spiro atoms. The molecule has 8 nitrogen and oxygen atoms in total. The van der Waals surface area contributed by atoms with Crippen LogP contribution < -0.4 is 15.0 Å². The van der Waals surface area contributed by atoms with E-state index in [2.05, 4.69) is 19.2 Å². The zero-order chi connectivity index (χ0) is 24.8. The molecule has 3 heterocycles. The summed E-state index contributed by atoms with van der Waals surface area (Å²) < 4.78 is 17.1. The van der Waals surface area contributed by atoms with Gasteiger partial charge in [0.25, 0.3) is 5.91 Å². The summed E-state index contributed by atoms with van der Waals surface area (Å²) in [4.78, 5) is 31.0. The highest BCUT2D eigenvalue weighted by atomic mass is 35.5. The molecule has 1 atom stereocenters. The minimum atomic E-state index is -0.855. The first-order chi connectivity index (χ1) is 16.9. The number of carbonyl (C=O) groups is 2. The first-order valence-corrected chi connectivity index (χ1v) is 13.2. The van der Waals surface area contributed by atoms with Gasteiger partial charge >= 0.3 is 0 Å². The molecular formula is C27H42ClN3O5. The number of hydrogen-bond acceptors (Lipinski definition) is 6. The number of unbranched alkanes of at least 4 members (excludes halogenated alkanes) is 1. The van der Waals surface area contributed by atoms with Crippen molar-refractivity contribution in [2.24, 2.45) is 0 Å². The first-order valence-electron chi connectivity index (χ1n) is 13.2. The number of ether oxygens (including phenoxy) is 3. The number of hydrogen-bond donors (Lipinski definition) is 1. The zero-order valence-corrected chi connectivity index (χ0v) is 22.7. The topological polar surface area (TPSA) is 80.3 Å². The predicted molar refractivity (Wildman–Crippen MR) is 142 cm³/mol. The van der Waals surface area contributed by atoms with Crippen LogP contribution in [0.3, 0.4) is 0 Å². The number of nitrogens with zero attached hydrogens (tertiary/aromatic N) is 2. The third-order valence-electron chi connectivity index (χ3n) is 7.40. The average molecular weight is 524 g/mol. The largest absolute Gasteiger partial charge is 0.475 e. The van der Waals surface area contributed by atoms with E-state index in [1.807, 2.05) is 28.0 Å². The van der Waals surface area contributed by atoms with Crippen LogP contribution in [0.25, 0.3) is 0 Å². The Labute approximate surface area is 221 Å². The van der Waals surface area contributed by atoms with Crippen LogP contribution >= 0.6 is 12.4 Å². The summed E-state index contributed by atoms with van der Waals surface area (Å²) in [5, 5.41) is 3.42. The molecule has 3 aliphatic heterocycles. The second-order valence-corrected chi connectivity index (χ2v) is 10.2. The first kappa shape index (κ1) is 28.7. The number of piperidine rings is 1. The molecule has 36 heavy (non-hydrogen) atoms. The van der Waals surface area contributed by atoms with Crippen molar-refractivity contribution in [3.8, 4) is 5.75 Å². The standard InChI is InChI=1S/C27H41N3O5.ClH/c1-20(2)30(22-7-6-12-28-19-22)25(31)18-21-8-9-24-23(17-21)29(13-4-5-14-33-3)26(32)27(35-24)10-15-34-16-11-27;/h8-9,17,20,22,28H,4-7,10-16,18-19H2,1-3H3;1H/t22-;/m1./s1. The van der Waals surface area contributed by atoms with Crippen molar-refractivity contribution in [3.05, 3.63) is 23.8 Å². The molecule has 2 fully saturated rings. The highest BCUT2D eigenvalue weighted by Gasteiger charge is 2.49. The molecule has 4 rings (SSSR count). The van der Waals surface area contributed by atoms with Gasteiger partial charge in [-0.1, -0.05) is 6.07 Å². The fraction of sp³-hybridized carbons (Fsp3) is 0.704. The summed E-state index contributed by atoms with van der Waals surface area (Å²) in [6.45, 7) is 8.34. The number of rotatable bonds is 9. The van der Waals surface area contributed by atoms with Gasteiger partial charge in [0.15, 0.2) is 5.60 Å². The van der Waals surface area contributed by atoms with Crippen LogP contribution in [0.1, 0.15) is 57.9 Å². The minimum absolute atomic E-state index is 0. The van der Waals surface area contributed by atoms with Gasteiger partial charge in [0.05, 0.1) is 25.3 Å². The lowest BCUT2D eigenvalue weighted by atomic mass is 9.89. The molecule has 2 saturated heterocycles. The van der Waals surface area contributed by atoms with Crippen molar-refractivity contribution >= 4 is 29.9 Å². The molecule has 9 heteroatoms. The maximum absolute atomic E-state index is 13.7. The van der Waals surface area contributed by atoms with Gasteiger partial charge in [-0.3, -0.25) is 9.59 Å². The highest BCUT2D eigenvalue weighted by molar-refractivity contribution is 6.03. The van der Waals surface area contributed by atoms with E-state index in [1.54, 1.807) is 7.11 Å². The maximum Gasteiger partial charge on any atom is 0.271 e. The molecular weight excluding hydrogens is 482 g/mol. The van der Waals surface area contributed by atoms with Crippen molar-refractivity contribution in [1.82, 2.24) is 10.2 Å². The molecule has 0 bridgehead atoms. The summed E-state index contributed by atoms with van der Waals surface area (Å²) in [6, 6.07) is 6.25. The van der Waals surface area contributed by atoms with E-state index in [9.17, 15) is 9.59 Å². The number of nitrogens with one attached hydrogen (secondary N) is 1. The smallest absolute Gasteiger partial charge is 0.271 e. The van der Waals surface area contributed by atoms with Crippen molar-refractivity contribution in [3.63, 3.8) is 0 Å². The monoisotopic (exact) mass is 523 g/mol. The van der Waals surface area contributed by atoms with E-state index in [1.165, 1.54) is 0 Å². The van der Waals surface area contributed by atoms with Crippen LogP contribution in [0.5, 0.6) is 5.75 Å². The number of amides is 2. The van der Waals surface area contributed by atoms with Crippen molar-refractivity contribution in [2.45, 2.75) is 76.5 Å². The summed E-state index contributed by atoms with van der Waals surface area (Å²) >= 11 is 0. The number of halogens is 1. The molecule has 2 amide bonds. The minimum Gasteiger partial charge on any atom is -0.475 e. The molecule has 0 radical (unpaired) electrons. The van der Waals surface area contributed by atoms with Crippen molar-refractivity contribution < 1.29 is 23.8 Å². The lowest BCUT2D eigenvalue weighted by Crippen LogP contribution is -2.58. The molecule has 202 valence electrons. The van der Waals surface area contributed by atoms with Crippen molar-refractivity contribution in [1.29, 1.82) is 0 Å². The Morgan fingerprint density at radius 2 is 2.06 bits per heavy atom. The molecule has 1 N–H and O–H groups in total. The Morgan fingerprint density at radius 3 is 2.72 bits per heavy atom. The number of benzene rings is 1. The van der Waals surface area contributed by atoms with Crippen LogP contribution in [0.4, 0.5) is 5.69 Å².